The molecule has 0 saturated carbocycles. The van der Waals surface area contributed by atoms with Crippen molar-refractivity contribution < 1.29 is 18.7 Å². The van der Waals surface area contributed by atoms with Gasteiger partial charge in [-0.25, -0.2) is 18.4 Å². The highest BCUT2D eigenvalue weighted by Gasteiger charge is 2.40. The summed E-state index contributed by atoms with van der Waals surface area (Å²) in [6.45, 7) is 3.16. The molecule has 0 aliphatic heterocycles. The summed E-state index contributed by atoms with van der Waals surface area (Å²) < 4.78 is 29.6. The molecule has 0 bridgehead atoms. The lowest BCUT2D eigenvalue weighted by molar-refractivity contribution is -0.0185. The van der Waals surface area contributed by atoms with Gasteiger partial charge in [0.05, 0.1) is 17.5 Å². The van der Waals surface area contributed by atoms with E-state index in [9.17, 15) is 18.7 Å². The van der Waals surface area contributed by atoms with Crippen LogP contribution in [-0.2, 0) is 12.1 Å². The van der Waals surface area contributed by atoms with Gasteiger partial charge in [-0.05, 0) is 49.2 Å². The first-order valence-corrected chi connectivity index (χ1v) is 11.5. The van der Waals surface area contributed by atoms with Gasteiger partial charge in [0, 0.05) is 21.5 Å². The molecule has 4 aromatic rings. The van der Waals surface area contributed by atoms with Gasteiger partial charge in [0.15, 0.2) is 0 Å². The number of thiophene rings is 1. The molecular formula is C24H21ClF2N4O2S. The zero-order valence-corrected chi connectivity index (χ0v) is 19.9. The first kappa shape index (κ1) is 24.0. The monoisotopic (exact) mass is 502 g/mol. The Morgan fingerprint density at radius 1 is 1.24 bits per heavy atom. The second-order valence-corrected chi connectivity index (χ2v) is 9.45. The third kappa shape index (κ3) is 4.86. The van der Waals surface area contributed by atoms with Crippen molar-refractivity contribution in [2.45, 2.75) is 32.0 Å². The van der Waals surface area contributed by atoms with Gasteiger partial charge < -0.3 is 10.4 Å². The van der Waals surface area contributed by atoms with E-state index >= 15 is 0 Å². The van der Waals surface area contributed by atoms with Gasteiger partial charge in [0.25, 0.3) is 5.91 Å². The number of aromatic nitrogens is 3. The van der Waals surface area contributed by atoms with Crippen molar-refractivity contribution in [1.82, 2.24) is 20.1 Å². The second-order valence-electron chi connectivity index (χ2n) is 7.97. The van der Waals surface area contributed by atoms with Crippen molar-refractivity contribution in [2.24, 2.45) is 0 Å². The van der Waals surface area contributed by atoms with Crippen molar-refractivity contribution in [2.75, 3.05) is 0 Å². The highest BCUT2D eigenvalue weighted by molar-refractivity contribution is 7.17. The van der Waals surface area contributed by atoms with Crippen LogP contribution in [0, 0.1) is 18.6 Å². The Balaban J connectivity index is 1.63. The van der Waals surface area contributed by atoms with Crippen LogP contribution in [0.4, 0.5) is 8.78 Å². The van der Waals surface area contributed by atoms with E-state index in [-0.39, 0.29) is 12.1 Å². The molecular weight excluding hydrogens is 482 g/mol. The summed E-state index contributed by atoms with van der Waals surface area (Å²) in [5.41, 5.74) is -0.430. The molecule has 4 rings (SSSR count). The highest BCUT2D eigenvalue weighted by Crippen LogP contribution is 2.34. The van der Waals surface area contributed by atoms with E-state index in [0.717, 1.165) is 22.1 Å². The maximum atomic E-state index is 14.7. The zero-order valence-electron chi connectivity index (χ0n) is 18.3. The Morgan fingerprint density at radius 3 is 2.62 bits per heavy atom. The molecule has 0 unspecified atom stereocenters. The number of hydrogen-bond acceptors (Lipinski definition) is 5. The topological polar surface area (TPSA) is 80.0 Å². The summed E-state index contributed by atoms with van der Waals surface area (Å²) in [7, 11) is 0. The number of amides is 1. The van der Waals surface area contributed by atoms with Crippen LogP contribution in [0.3, 0.4) is 0 Å². The van der Waals surface area contributed by atoms with Crippen molar-refractivity contribution in [3.8, 4) is 10.4 Å². The van der Waals surface area contributed by atoms with Crippen LogP contribution in [0.1, 0.15) is 27.7 Å². The lowest BCUT2D eigenvalue weighted by Gasteiger charge is -2.35. The van der Waals surface area contributed by atoms with E-state index in [1.54, 1.807) is 19.1 Å². The van der Waals surface area contributed by atoms with E-state index in [1.807, 2.05) is 25.1 Å². The Morgan fingerprint density at radius 2 is 1.97 bits per heavy atom. The van der Waals surface area contributed by atoms with Gasteiger partial charge in [0.2, 0.25) is 0 Å². The fourth-order valence-electron chi connectivity index (χ4n) is 3.70. The molecule has 1 amide bonds. The molecule has 0 fully saturated rings. The van der Waals surface area contributed by atoms with Gasteiger partial charge in [-0.15, -0.1) is 11.3 Å². The lowest BCUT2D eigenvalue weighted by Crippen LogP contribution is -2.51. The van der Waals surface area contributed by atoms with Crippen molar-refractivity contribution >= 4 is 28.8 Å². The van der Waals surface area contributed by atoms with Crippen LogP contribution in [0.15, 0.2) is 61.2 Å². The first-order chi connectivity index (χ1) is 16.2. The summed E-state index contributed by atoms with van der Waals surface area (Å²) in [6, 6.07) is 11.1. The number of aliphatic hydroxyl groups is 1. The van der Waals surface area contributed by atoms with Gasteiger partial charge in [0.1, 0.15) is 29.9 Å². The van der Waals surface area contributed by atoms with Crippen LogP contribution in [-0.4, -0.2) is 31.8 Å². The zero-order chi connectivity index (χ0) is 24.5. The Kier molecular flexibility index (Phi) is 6.79. The Bertz CT molecular complexity index is 1310. The molecule has 2 aromatic heterocycles. The smallest absolute Gasteiger partial charge is 0.261 e. The number of nitrogens with zero attached hydrogens (tertiary/aromatic N) is 3. The molecule has 0 saturated heterocycles. The predicted octanol–water partition coefficient (Wildman–Crippen LogP) is 4.95. The third-order valence-electron chi connectivity index (χ3n) is 5.58. The molecule has 0 radical (unpaired) electrons. The Hall–Kier alpha value is -3.14. The summed E-state index contributed by atoms with van der Waals surface area (Å²) in [5.74, 6) is -2.12. The van der Waals surface area contributed by atoms with Crippen LogP contribution < -0.4 is 5.32 Å². The molecule has 2 atom stereocenters. The summed E-state index contributed by atoms with van der Waals surface area (Å²) in [6.07, 6.45) is 2.64. The molecule has 0 spiro atoms. The standard InChI is InChI=1S/C24H21ClF2N4O2S/c1-14-9-21(16-3-5-17(25)6-4-16)34-22(14)23(32)30-15(2)24(33,11-31-13-28-12-29-31)19-8-7-18(26)10-20(19)27/h3-10,12-13,15,33H,11H2,1-2H3,(H,30,32)/t15-,24+/m0/s1. The lowest BCUT2D eigenvalue weighted by atomic mass is 9.86. The SMILES string of the molecule is Cc1cc(-c2ccc(Cl)cc2)sc1C(=O)N[C@@H](C)[C@](O)(Cn1cncn1)c1ccc(F)cc1F. The van der Waals surface area contributed by atoms with Gasteiger partial charge in [-0.2, -0.15) is 5.10 Å². The molecule has 2 aromatic carbocycles. The maximum absolute atomic E-state index is 14.7. The molecule has 0 aliphatic rings. The molecule has 2 N–H and O–H groups in total. The number of carbonyl (C=O) groups is 1. The van der Waals surface area contributed by atoms with Crippen molar-refractivity contribution in [1.29, 1.82) is 0 Å². The van der Waals surface area contributed by atoms with E-state index in [4.69, 9.17) is 11.6 Å². The van der Waals surface area contributed by atoms with Gasteiger partial charge in [-0.1, -0.05) is 29.8 Å². The fraction of sp³-hybridized carbons (Fsp3) is 0.208. The highest BCUT2D eigenvalue weighted by atomic mass is 35.5. The van der Waals surface area contributed by atoms with Crippen LogP contribution in [0.25, 0.3) is 10.4 Å². The third-order valence-corrected chi connectivity index (χ3v) is 7.12. The predicted molar refractivity (Wildman–Crippen MR) is 127 cm³/mol. The molecule has 6 nitrogen and oxygen atoms in total. The number of hydrogen-bond donors (Lipinski definition) is 2. The molecule has 0 aliphatic carbocycles. The second kappa shape index (κ2) is 9.61. The molecule has 176 valence electrons. The van der Waals surface area contributed by atoms with Crippen LogP contribution >= 0.6 is 22.9 Å². The molecule has 10 heteroatoms. The average molecular weight is 503 g/mol. The van der Waals surface area contributed by atoms with Crippen molar-refractivity contribution in [3.05, 3.63) is 93.8 Å². The van der Waals surface area contributed by atoms with Crippen molar-refractivity contribution in [3.63, 3.8) is 0 Å². The number of rotatable bonds is 7. The summed E-state index contributed by atoms with van der Waals surface area (Å²) >= 11 is 7.26. The minimum absolute atomic E-state index is 0.165. The van der Waals surface area contributed by atoms with Gasteiger partial charge in [-0.3, -0.25) is 4.79 Å². The molecule has 34 heavy (non-hydrogen) atoms. The van der Waals surface area contributed by atoms with E-state index in [2.05, 4.69) is 15.4 Å². The van der Waals surface area contributed by atoms with E-state index < -0.39 is 29.2 Å². The Labute approximate surface area is 203 Å². The number of aryl methyl sites for hydroxylation is 1. The number of carbonyl (C=O) groups excluding carboxylic acids is 1. The van der Waals surface area contributed by atoms with E-state index in [1.165, 1.54) is 34.7 Å². The largest absolute Gasteiger partial charge is 0.381 e. The van der Waals surface area contributed by atoms with Gasteiger partial charge >= 0.3 is 0 Å². The average Bonchev–Trinajstić information content (AvgIpc) is 3.43. The van der Waals surface area contributed by atoms with Crippen LogP contribution in [0.5, 0.6) is 0 Å². The molecule has 2 heterocycles. The number of nitrogens with one attached hydrogen (secondary N) is 1. The number of benzene rings is 2. The minimum atomic E-state index is -1.94. The first-order valence-electron chi connectivity index (χ1n) is 10.3. The minimum Gasteiger partial charge on any atom is -0.381 e. The summed E-state index contributed by atoms with van der Waals surface area (Å²) in [5, 5.41) is 19.0. The van der Waals surface area contributed by atoms with Crippen LogP contribution in [0.2, 0.25) is 5.02 Å². The quantitative estimate of drug-likeness (QED) is 0.374. The van der Waals surface area contributed by atoms with E-state index in [0.29, 0.717) is 16.0 Å². The maximum Gasteiger partial charge on any atom is 0.261 e. The fourth-order valence-corrected chi connectivity index (χ4v) is 4.91. The normalized spacial score (nSPS) is 13.9. The summed E-state index contributed by atoms with van der Waals surface area (Å²) in [4.78, 5) is 18.4. The number of halogens is 3.